The maximum Gasteiger partial charge on any atom is 0.373 e. The van der Waals surface area contributed by atoms with Gasteiger partial charge in [-0.05, 0) is 25.1 Å². The van der Waals surface area contributed by atoms with Crippen LogP contribution in [0.2, 0.25) is 0 Å². The molecule has 0 atom stereocenters. The summed E-state index contributed by atoms with van der Waals surface area (Å²) >= 11 is 0. The van der Waals surface area contributed by atoms with Crippen LogP contribution in [-0.2, 0) is 17.8 Å². The molecule has 1 N–H and O–H groups in total. The summed E-state index contributed by atoms with van der Waals surface area (Å²) in [6.07, 6.45) is 1.72. The highest BCUT2D eigenvalue weighted by Crippen LogP contribution is 2.08. The van der Waals surface area contributed by atoms with E-state index >= 15 is 0 Å². The highest BCUT2D eigenvalue weighted by molar-refractivity contribution is 5.86. The Morgan fingerprint density at radius 3 is 2.95 bits per heavy atom. The van der Waals surface area contributed by atoms with Crippen LogP contribution in [0.25, 0.3) is 0 Å². The second kappa shape index (κ2) is 6.10. The second-order valence-electron chi connectivity index (χ2n) is 3.96. The summed E-state index contributed by atoms with van der Waals surface area (Å²) in [5.74, 6) is 1.14. The Bertz CT molecular complexity index is 566. The van der Waals surface area contributed by atoms with E-state index in [1.165, 1.54) is 7.11 Å². The van der Waals surface area contributed by atoms with Crippen molar-refractivity contribution >= 4 is 5.97 Å². The van der Waals surface area contributed by atoms with Crippen LogP contribution in [0.1, 0.15) is 27.8 Å². The SMILES string of the molecule is COC(=O)c1ccc(CNCc2ccnc(C)n2)o1. The molecule has 100 valence electrons. The highest BCUT2D eigenvalue weighted by atomic mass is 16.5. The second-order valence-corrected chi connectivity index (χ2v) is 3.96. The van der Waals surface area contributed by atoms with Crippen LogP contribution in [0.15, 0.2) is 28.8 Å². The van der Waals surface area contributed by atoms with Crippen molar-refractivity contribution in [1.29, 1.82) is 0 Å². The van der Waals surface area contributed by atoms with Gasteiger partial charge >= 0.3 is 5.97 Å². The lowest BCUT2D eigenvalue weighted by Gasteiger charge is -2.02. The van der Waals surface area contributed by atoms with Gasteiger partial charge in [-0.1, -0.05) is 0 Å². The Kier molecular flexibility index (Phi) is 4.25. The van der Waals surface area contributed by atoms with E-state index in [-0.39, 0.29) is 5.76 Å². The molecule has 2 heterocycles. The largest absolute Gasteiger partial charge is 0.463 e. The number of carbonyl (C=O) groups excluding carboxylic acids is 1. The van der Waals surface area contributed by atoms with Crippen LogP contribution < -0.4 is 5.32 Å². The maximum atomic E-state index is 11.2. The molecule has 6 heteroatoms. The number of furan rings is 1. The summed E-state index contributed by atoms with van der Waals surface area (Å²) in [6, 6.07) is 5.18. The summed E-state index contributed by atoms with van der Waals surface area (Å²) in [7, 11) is 1.32. The van der Waals surface area contributed by atoms with Crippen LogP contribution in [0, 0.1) is 6.92 Å². The molecular weight excluding hydrogens is 246 g/mol. The van der Waals surface area contributed by atoms with E-state index in [1.54, 1.807) is 18.3 Å². The van der Waals surface area contributed by atoms with Gasteiger partial charge < -0.3 is 14.5 Å². The zero-order chi connectivity index (χ0) is 13.7. The third-order valence-electron chi connectivity index (χ3n) is 2.49. The van der Waals surface area contributed by atoms with E-state index in [4.69, 9.17) is 4.42 Å². The van der Waals surface area contributed by atoms with E-state index in [2.05, 4.69) is 20.0 Å². The minimum Gasteiger partial charge on any atom is -0.463 e. The Labute approximate surface area is 110 Å². The predicted octanol–water partition coefficient (Wildman–Crippen LogP) is 1.45. The summed E-state index contributed by atoms with van der Waals surface area (Å²) in [5.41, 5.74) is 0.909. The molecule has 2 aromatic heterocycles. The number of esters is 1. The van der Waals surface area contributed by atoms with Crippen molar-refractivity contribution in [3.63, 3.8) is 0 Å². The summed E-state index contributed by atoms with van der Waals surface area (Å²) in [4.78, 5) is 19.5. The molecule has 0 radical (unpaired) electrons. The van der Waals surface area contributed by atoms with Gasteiger partial charge in [0.2, 0.25) is 5.76 Å². The number of hydrogen-bond donors (Lipinski definition) is 1. The Morgan fingerprint density at radius 1 is 1.37 bits per heavy atom. The molecule has 0 unspecified atom stereocenters. The molecule has 0 spiro atoms. The fourth-order valence-electron chi connectivity index (χ4n) is 1.60. The van der Waals surface area contributed by atoms with Gasteiger partial charge in [-0.15, -0.1) is 0 Å². The molecular formula is C13H15N3O3. The number of aromatic nitrogens is 2. The Hall–Kier alpha value is -2.21. The maximum absolute atomic E-state index is 11.2. The third-order valence-corrected chi connectivity index (χ3v) is 2.49. The lowest BCUT2D eigenvalue weighted by atomic mass is 10.3. The molecule has 2 aromatic rings. The van der Waals surface area contributed by atoms with Crippen molar-refractivity contribution in [2.24, 2.45) is 0 Å². The van der Waals surface area contributed by atoms with Crippen LogP contribution in [0.3, 0.4) is 0 Å². The first-order valence-corrected chi connectivity index (χ1v) is 5.85. The van der Waals surface area contributed by atoms with Crippen LogP contribution >= 0.6 is 0 Å². The highest BCUT2D eigenvalue weighted by Gasteiger charge is 2.10. The predicted molar refractivity (Wildman–Crippen MR) is 67.4 cm³/mol. The molecule has 6 nitrogen and oxygen atoms in total. The van der Waals surface area contributed by atoms with E-state index in [0.717, 1.165) is 11.5 Å². The van der Waals surface area contributed by atoms with Crippen molar-refractivity contribution in [1.82, 2.24) is 15.3 Å². The Morgan fingerprint density at radius 2 is 2.21 bits per heavy atom. The average molecular weight is 261 g/mol. The molecule has 0 bridgehead atoms. The average Bonchev–Trinajstić information content (AvgIpc) is 2.87. The van der Waals surface area contributed by atoms with Gasteiger partial charge in [0.25, 0.3) is 0 Å². The number of aryl methyl sites for hydroxylation is 1. The third kappa shape index (κ3) is 3.62. The summed E-state index contributed by atoms with van der Waals surface area (Å²) in [5, 5.41) is 3.18. The molecule has 0 amide bonds. The van der Waals surface area contributed by atoms with Crippen LogP contribution in [0.5, 0.6) is 0 Å². The standard InChI is InChI=1S/C13H15N3O3/c1-9-15-6-5-10(16-9)7-14-8-11-3-4-12(19-11)13(17)18-2/h3-6,14H,7-8H2,1-2H3. The van der Waals surface area contributed by atoms with E-state index in [9.17, 15) is 4.79 Å². The zero-order valence-electron chi connectivity index (χ0n) is 10.8. The Balaban J connectivity index is 1.86. The monoisotopic (exact) mass is 261 g/mol. The number of methoxy groups -OCH3 is 1. The number of nitrogens with one attached hydrogen (secondary N) is 1. The van der Waals surface area contributed by atoms with E-state index in [0.29, 0.717) is 18.8 Å². The molecule has 0 aliphatic carbocycles. The van der Waals surface area contributed by atoms with Crippen molar-refractivity contribution in [2.75, 3.05) is 7.11 Å². The normalized spacial score (nSPS) is 10.4. The first-order chi connectivity index (χ1) is 9.19. The van der Waals surface area contributed by atoms with Gasteiger partial charge in [0.1, 0.15) is 11.6 Å². The molecule has 0 saturated carbocycles. The first kappa shape index (κ1) is 13.2. The topological polar surface area (TPSA) is 77.2 Å². The number of nitrogens with zero attached hydrogens (tertiary/aromatic N) is 2. The van der Waals surface area contributed by atoms with E-state index < -0.39 is 5.97 Å². The molecule has 19 heavy (non-hydrogen) atoms. The molecule has 0 saturated heterocycles. The lowest BCUT2D eigenvalue weighted by molar-refractivity contribution is 0.0563. The van der Waals surface area contributed by atoms with E-state index in [1.807, 2.05) is 13.0 Å². The minimum atomic E-state index is -0.474. The van der Waals surface area contributed by atoms with Gasteiger partial charge in [0.05, 0.1) is 19.3 Å². The molecule has 0 fully saturated rings. The van der Waals surface area contributed by atoms with Crippen molar-refractivity contribution in [3.05, 3.63) is 47.4 Å². The van der Waals surface area contributed by atoms with Gasteiger partial charge in [-0.25, -0.2) is 14.8 Å². The van der Waals surface area contributed by atoms with Gasteiger partial charge in [-0.2, -0.15) is 0 Å². The molecule has 0 aliphatic heterocycles. The van der Waals surface area contributed by atoms with Gasteiger partial charge in [0.15, 0.2) is 0 Å². The van der Waals surface area contributed by atoms with Gasteiger partial charge in [-0.3, -0.25) is 0 Å². The smallest absolute Gasteiger partial charge is 0.373 e. The van der Waals surface area contributed by atoms with Gasteiger partial charge in [0, 0.05) is 12.7 Å². The summed E-state index contributed by atoms with van der Waals surface area (Å²) < 4.78 is 9.89. The fourth-order valence-corrected chi connectivity index (χ4v) is 1.60. The number of hydrogen-bond acceptors (Lipinski definition) is 6. The fraction of sp³-hybridized carbons (Fsp3) is 0.308. The quantitative estimate of drug-likeness (QED) is 0.821. The molecule has 0 aliphatic rings. The zero-order valence-corrected chi connectivity index (χ0v) is 10.8. The number of rotatable bonds is 5. The molecule has 2 rings (SSSR count). The summed E-state index contributed by atoms with van der Waals surface area (Å²) in [6.45, 7) is 2.97. The number of carbonyl (C=O) groups is 1. The minimum absolute atomic E-state index is 0.206. The first-order valence-electron chi connectivity index (χ1n) is 5.85. The van der Waals surface area contributed by atoms with Crippen molar-refractivity contribution in [2.45, 2.75) is 20.0 Å². The number of ether oxygens (including phenoxy) is 1. The van der Waals surface area contributed by atoms with Crippen molar-refractivity contribution < 1.29 is 13.9 Å². The van der Waals surface area contributed by atoms with Crippen molar-refractivity contribution in [3.8, 4) is 0 Å². The lowest BCUT2D eigenvalue weighted by Crippen LogP contribution is -2.13. The van der Waals surface area contributed by atoms with Crippen LogP contribution in [-0.4, -0.2) is 23.0 Å². The van der Waals surface area contributed by atoms with Crippen LogP contribution in [0.4, 0.5) is 0 Å². The molecule has 0 aromatic carbocycles.